The van der Waals surface area contributed by atoms with Crippen molar-refractivity contribution in [1.82, 2.24) is 0 Å². The first-order valence-electron chi connectivity index (χ1n) is 5.91. The van der Waals surface area contributed by atoms with E-state index in [9.17, 15) is 5.11 Å². The molecule has 2 aromatic rings. The fourth-order valence-electron chi connectivity index (χ4n) is 1.64. The smallest absolute Gasteiger partial charge is 0.138 e. The van der Waals surface area contributed by atoms with E-state index in [1.807, 2.05) is 30.3 Å². The van der Waals surface area contributed by atoms with Crippen LogP contribution in [0.25, 0.3) is 0 Å². The van der Waals surface area contributed by atoms with Gasteiger partial charge in [0.05, 0.1) is 11.1 Å². The molecule has 0 aliphatic carbocycles. The minimum Gasteiger partial charge on any atom is -0.487 e. The third-order valence-corrected chi connectivity index (χ3v) is 3.76. The van der Waals surface area contributed by atoms with Crippen LogP contribution in [0.1, 0.15) is 24.2 Å². The summed E-state index contributed by atoms with van der Waals surface area (Å²) in [6.07, 6.45) is -0.525. The Hall–Kier alpha value is -0.780. The van der Waals surface area contributed by atoms with Gasteiger partial charge in [0.1, 0.15) is 12.4 Å². The monoisotopic (exact) mass is 388 g/mol. The Morgan fingerprint density at radius 2 is 1.89 bits per heavy atom. The van der Waals surface area contributed by atoms with Gasteiger partial charge in [-0.1, -0.05) is 29.8 Å². The van der Waals surface area contributed by atoms with E-state index in [0.29, 0.717) is 17.4 Å². The molecule has 2 rings (SSSR count). The van der Waals surface area contributed by atoms with Crippen LogP contribution in [-0.2, 0) is 6.61 Å². The maximum absolute atomic E-state index is 9.47. The highest BCUT2D eigenvalue weighted by molar-refractivity contribution is 14.1. The van der Waals surface area contributed by atoms with Gasteiger partial charge in [-0.25, -0.2) is 0 Å². The van der Waals surface area contributed by atoms with Crippen LogP contribution in [0.3, 0.4) is 0 Å². The number of halogens is 2. The standard InChI is InChI=1S/C15H14ClIO2/c1-10(18)12-4-7-15(14(16)8-12)19-9-11-2-5-13(17)6-3-11/h2-8,10,18H,9H2,1H3/t10-/m1/s1. The molecule has 0 radical (unpaired) electrons. The Kier molecular flexibility index (Phi) is 5.07. The Balaban J connectivity index is 2.05. The highest BCUT2D eigenvalue weighted by Gasteiger charge is 2.06. The number of hydrogen-bond donors (Lipinski definition) is 1. The Bertz CT molecular complexity index is 553. The molecule has 0 saturated carbocycles. The third-order valence-electron chi connectivity index (χ3n) is 2.75. The quantitative estimate of drug-likeness (QED) is 0.777. The zero-order valence-corrected chi connectivity index (χ0v) is 13.4. The lowest BCUT2D eigenvalue weighted by molar-refractivity contribution is 0.199. The summed E-state index contributed by atoms with van der Waals surface area (Å²) >= 11 is 8.39. The van der Waals surface area contributed by atoms with E-state index in [0.717, 1.165) is 11.1 Å². The summed E-state index contributed by atoms with van der Waals surface area (Å²) in [5.41, 5.74) is 1.88. The van der Waals surface area contributed by atoms with Crippen molar-refractivity contribution < 1.29 is 9.84 Å². The van der Waals surface area contributed by atoms with Gasteiger partial charge in [-0.3, -0.25) is 0 Å². The minimum atomic E-state index is -0.525. The summed E-state index contributed by atoms with van der Waals surface area (Å²) in [7, 11) is 0. The minimum absolute atomic E-state index is 0.477. The summed E-state index contributed by atoms with van der Waals surface area (Å²) in [6, 6.07) is 13.5. The average molecular weight is 389 g/mol. The molecule has 0 spiro atoms. The molecule has 19 heavy (non-hydrogen) atoms. The maximum Gasteiger partial charge on any atom is 0.138 e. The van der Waals surface area contributed by atoms with E-state index >= 15 is 0 Å². The first-order chi connectivity index (χ1) is 9.06. The second-order valence-corrected chi connectivity index (χ2v) is 5.93. The van der Waals surface area contributed by atoms with Gasteiger partial charge < -0.3 is 9.84 Å². The van der Waals surface area contributed by atoms with Crippen molar-refractivity contribution in [3.8, 4) is 5.75 Å². The van der Waals surface area contributed by atoms with Crippen LogP contribution in [0.15, 0.2) is 42.5 Å². The largest absolute Gasteiger partial charge is 0.487 e. The average Bonchev–Trinajstić information content (AvgIpc) is 2.39. The van der Waals surface area contributed by atoms with Crippen LogP contribution in [-0.4, -0.2) is 5.11 Å². The van der Waals surface area contributed by atoms with E-state index in [2.05, 4.69) is 22.6 Å². The normalized spacial score (nSPS) is 12.2. The fraction of sp³-hybridized carbons (Fsp3) is 0.200. The molecule has 0 fully saturated rings. The first-order valence-corrected chi connectivity index (χ1v) is 7.36. The summed E-state index contributed by atoms with van der Waals surface area (Å²) < 4.78 is 6.88. The van der Waals surface area contributed by atoms with Crippen molar-refractivity contribution in [3.63, 3.8) is 0 Å². The van der Waals surface area contributed by atoms with Gasteiger partial charge in [-0.2, -0.15) is 0 Å². The second-order valence-electron chi connectivity index (χ2n) is 4.28. The molecule has 0 amide bonds. The molecule has 0 saturated heterocycles. The molecule has 0 unspecified atom stereocenters. The molecule has 0 bridgehead atoms. The zero-order valence-electron chi connectivity index (χ0n) is 10.4. The highest BCUT2D eigenvalue weighted by Crippen LogP contribution is 2.28. The molecule has 4 heteroatoms. The molecular formula is C15H14ClIO2. The van der Waals surface area contributed by atoms with Crippen LogP contribution < -0.4 is 4.74 Å². The van der Waals surface area contributed by atoms with Crippen molar-refractivity contribution in [2.24, 2.45) is 0 Å². The predicted octanol–water partition coefficient (Wildman–Crippen LogP) is 4.58. The number of aliphatic hydroxyl groups excluding tert-OH is 1. The third kappa shape index (κ3) is 4.09. The van der Waals surface area contributed by atoms with Gasteiger partial charge in [0.15, 0.2) is 0 Å². The first kappa shape index (κ1) is 14.6. The second kappa shape index (κ2) is 6.59. The van der Waals surface area contributed by atoms with Gasteiger partial charge in [0, 0.05) is 3.57 Å². The molecular weight excluding hydrogens is 375 g/mol. The van der Waals surface area contributed by atoms with Crippen LogP contribution in [0.4, 0.5) is 0 Å². The number of hydrogen-bond acceptors (Lipinski definition) is 2. The van der Waals surface area contributed by atoms with Crippen LogP contribution in [0.5, 0.6) is 5.75 Å². The maximum atomic E-state index is 9.47. The van der Waals surface area contributed by atoms with Crippen molar-refractivity contribution in [2.75, 3.05) is 0 Å². The lowest BCUT2D eigenvalue weighted by atomic mass is 10.1. The van der Waals surface area contributed by atoms with E-state index in [1.165, 1.54) is 3.57 Å². The lowest BCUT2D eigenvalue weighted by Gasteiger charge is -2.11. The number of aliphatic hydroxyl groups is 1. The Morgan fingerprint density at radius 1 is 1.21 bits per heavy atom. The lowest BCUT2D eigenvalue weighted by Crippen LogP contribution is -1.97. The topological polar surface area (TPSA) is 29.5 Å². The molecule has 1 atom stereocenters. The summed E-state index contributed by atoms with van der Waals surface area (Å²) in [4.78, 5) is 0. The Morgan fingerprint density at radius 3 is 2.47 bits per heavy atom. The molecule has 1 N–H and O–H groups in total. The molecule has 2 nitrogen and oxygen atoms in total. The molecule has 0 aliphatic heterocycles. The van der Waals surface area contributed by atoms with Gasteiger partial charge in [0.2, 0.25) is 0 Å². The van der Waals surface area contributed by atoms with E-state index in [1.54, 1.807) is 19.1 Å². The van der Waals surface area contributed by atoms with E-state index in [-0.39, 0.29) is 0 Å². The molecule has 100 valence electrons. The van der Waals surface area contributed by atoms with Crippen LogP contribution >= 0.6 is 34.2 Å². The van der Waals surface area contributed by atoms with Crippen LogP contribution in [0, 0.1) is 3.57 Å². The molecule has 2 aromatic carbocycles. The van der Waals surface area contributed by atoms with Gasteiger partial charge in [-0.05, 0) is 64.9 Å². The van der Waals surface area contributed by atoms with Crippen molar-refractivity contribution in [3.05, 3.63) is 62.2 Å². The molecule has 0 heterocycles. The fourth-order valence-corrected chi connectivity index (χ4v) is 2.24. The van der Waals surface area contributed by atoms with Gasteiger partial charge >= 0.3 is 0 Å². The number of rotatable bonds is 4. The highest BCUT2D eigenvalue weighted by atomic mass is 127. The van der Waals surface area contributed by atoms with Crippen LogP contribution in [0.2, 0.25) is 5.02 Å². The van der Waals surface area contributed by atoms with Gasteiger partial charge in [0.25, 0.3) is 0 Å². The van der Waals surface area contributed by atoms with E-state index < -0.39 is 6.10 Å². The SMILES string of the molecule is C[C@@H](O)c1ccc(OCc2ccc(I)cc2)c(Cl)c1. The molecule has 0 aliphatic rings. The zero-order chi connectivity index (χ0) is 13.8. The predicted molar refractivity (Wildman–Crippen MR) is 85.6 cm³/mol. The number of ether oxygens (including phenoxy) is 1. The van der Waals surface area contributed by atoms with Crippen molar-refractivity contribution >= 4 is 34.2 Å². The van der Waals surface area contributed by atoms with E-state index in [4.69, 9.17) is 16.3 Å². The van der Waals surface area contributed by atoms with Crippen molar-refractivity contribution in [2.45, 2.75) is 19.6 Å². The van der Waals surface area contributed by atoms with Crippen molar-refractivity contribution in [1.29, 1.82) is 0 Å². The summed E-state index contributed by atoms with van der Waals surface area (Å²) in [6.45, 7) is 2.18. The summed E-state index contributed by atoms with van der Waals surface area (Å²) in [5.74, 6) is 0.629. The number of benzene rings is 2. The Labute approximate surface area is 131 Å². The van der Waals surface area contributed by atoms with Gasteiger partial charge in [-0.15, -0.1) is 0 Å². The summed E-state index contributed by atoms with van der Waals surface area (Å²) in [5, 5.41) is 9.99. The molecule has 0 aromatic heterocycles.